The van der Waals surface area contributed by atoms with Gasteiger partial charge in [-0.1, -0.05) is 17.7 Å². The maximum Gasteiger partial charge on any atom is 0.306 e. The van der Waals surface area contributed by atoms with E-state index in [2.05, 4.69) is 5.32 Å². The van der Waals surface area contributed by atoms with Crippen molar-refractivity contribution in [3.8, 4) is 0 Å². The van der Waals surface area contributed by atoms with Crippen LogP contribution in [-0.4, -0.2) is 18.5 Å². The number of halogens is 1. The number of hydrogen-bond donors (Lipinski definition) is 1. The van der Waals surface area contributed by atoms with Crippen molar-refractivity contribution in [2.24, 2.45) is 23.2 Å². The largest absolute Gasteiger partial charge is 0.456 e. The van der Waals surface area contributed by atoms with Crippen LogP contribution in [0.5, 0.6) is 0 Å². The van der Waals surface area contributed by atoms with E-state index in [1.165, 1.54) is 38.5 Å². The van der Waals surface area contributed by atoms with E-state index in [0.717, 1.165) is 23.3 Å². The average molecular weight is 376 g/mol. The van der Waals surface area contributed by atoms with E-state index in [-0.39, 0.29) is 23.9 Å². The second-order valence-electron chi connectivity index (χ2n) is 8.72. The van der Waals surface area contributed by atoms with Gasteiger partial charge in [0.15, 0.2) is 6.61 Å². The second kappa shape index (κ2) is 6.88. The minimum absolute atomic E-state index is 0.145. The Morgan fingerprint density at radius 2 is 1.77 bits per heavy atom. The Labute approximate surface area is 159 Å². The third kappa shape index (κ3) is 3.62. The summed E-state index contributed by atoms with van der Waals surface area (Å²) in [6.07, 6.45) is 8.05. The van der Waals surface area contributed by atoms with E-state index in [0.29, 0.717) is 17.1 Å². The van der Waals surface area contributed by atoms with Gasteiger partial charge in [-0.2, -0.15) is 0 Å². The molecule has 0 heterocycles. The summed E-state index contributed by atoms with van der Waals surface area (Å²) in [6, 6.07) is 5.35. The van der Waals surface area contributed by atoms with Crippen LogP contribution in [0.2, 0.25) is 5.02 Å². The van der Waals surface area contributed by atoms with Crippen molar-refractivity contribution in [3.05, 3.63) is 28.8 Å². The number of anilines is 1. The number of benzene rings is 1. The van der Waals surface area contributed by atoms with Crippen LogP contribution in [0.3, 0.4) is 0 Å². The zero-order chi connectivity index (χ0) is 18.3. The Morgan fingerprint density at radius 3 is 2.38 bits per heavy atom. The van der Waals surface area contributed by atoms with E-state index in [1.807, 2.05) is 6.92 Å². The van der Waals surface area contributed by atoms with Crippen LogP contribution in [0, 0.1) is 30.1 Å². The number of hydrogen-bond acceptors (Lipinski definition) is 3. The van der Waals surface area contributed by atoms with Crippen molar-refractivity contribution in [3.63, 3.8) is 0 Å². The predicted octanol–water partition coefficient (Wildman–Crippen LogP) is 4.74. The van der Waals surface area contributed by atoms with Gasteiger partial charge in [0.25, 0.3) is 5.91 Å². The monoisotopic (exact) mass is 375 g/mol. The van der Waals surface area contributed by atoms with Crippen LogP contribution < -0.4 is 5.32 Å². The molecule has 5 rings (SSSR count). The molecule has 0 unspecified atom stereocenters. The molecule has 26 heavy (non-hydrogen) atoms. The van der Waals surface area contributed by atoms with E-state index in [1.54, 1.807) is 18.2 Å². The number of carbonyl (C=O) groups is 2. The normalized spacial score (nSPS) is 31.7. The first-order valence-electron chi connectivity index (χ1n) is 9.63. The van der Waals surface area contributed by atoms with Gasteiger partial charge >= 0.3 is 5.97 Å². The molecule has 4 fully saturated rings. The van der Waals surface area contributed by atoms with Gasteiger partial charge in [-0.05, 0) is 86.3 Å². The summed E-state index contributed by atoms with van der Waals surface area (Å²) in [5.41, 5.74) is 1.60. The van der Waals surface area contributed by atoms with Crippen LogP contribution >= 0.6 is 11.6 Å². The Bertz CT molecular complexity index is 695. The lowest BCUT2D eigenvalue weighted by Crippen LogP contribution is -2.47. The Balaban J connectivity index is 1.29. The van der Waals surface area contributed by atoms with Gasteiger partial charge in [-0.15, -0.1) is 0 Å². The van der Waals surface area contributed by atoms with Crippen molar-refractivity contribution in [1.29, 1.82) is 0 Å². The van der Waals surface area contributed by atoms with Crippen LogP contribution in [0.4, 0.5) is 5.69 Å². The van der Waals surface area contributed by atoms with Crippen LogP contribution in [0.15, 0.2) is 18.2 Å². The zero-order valence-corrected chi connectivity index (χ0v) is 16.0. The highest BCUT2D eigenvalue weighted by molar-refractivity contribution is 6.31. The second-order valence-corrected chi connectivity index (χ2v) is 9.12. The first-order chi connectivity index (χ1) is 12.4. The number of ether oxygens (including phenoxy) is 1. The van der Waals surface area contributed by atoms with Crippen molar-refractivity contribution in [1.82, 2.24) is 0 Å². The third-order valence-corrected chi connectivity index (χ3v) is 7.00. The number of esters is 1. The highest BCUT2D eigenvalue weighted by atomic mass is 35.5. The standard InChI is InChI=1S/C21H26ClNO3/c1-13-17(22)3-2-4-18(13)23-19(24)12-26-20(25)11-21-8-14-5-15(9-21)7-16(6-14)10-21/h2-4,14-16H,5-12H2,1H3,(H,23,24). The SMILES string of the molecule is Cc1c(Cl)cccc1NC(=O)COC(=O)CC12CC3CC(CC(C3)C1)C2. The molecule has 5 heteroatoms. The van der Waals surface area contributed by atoms with Crippen molar-refractivity contribution in [2.45, 2.75) is 51.9 Å². The fourth-order valence-corrected chi connectivity index (χ4v) is 6.11. The van der Waals surface area contributed by atoms with E-state index >= 15 is 0 Å². The summed E-state index contributed by atoms with van der Waals surface area (Å²) >= 11 is 6.06. The lowest BCUT2D eigenvalue weighted by molar-refractivity contribution is -0.154. The van der Waals surface area contributed by atoms with Gasteiger partial charge in [0.05, 0.1) is 6.42 Å². The Hall–Kier alpha value is -1.55. The van der Waals surface area contributed by atoms with Gasteiger partial charge in [0.1, 0.15) is 0 Å². The summed E-state index contributed by atoms with van der Waals surface area (Å²) < 4.78 is 5.30. The molecule has 1 aromatic carbocycles. The maximum absolute atomic E-state index is 12.4. The van der Waals surface area contributed by atoms with Gasteiger partial charge in [0, 0.05) is 10.7 Å². The molecule has 0 spiro atoms. The molecule has 0 saturated heterocycles. The number of amides is 1. The highest BCUT2D eigenvalue weighted by Crippen LogP contribution is 2.61. The first kappa shape index (κ1) is 17.8. The number of carbonyl (C=O) groups excluding carboxylic acids is 2. The summed E-state index contributed by atoms with van der Waals surface area (Å²) in [7, 11) is 0. The van der Waals surface area contributed by atoms with Crippen molar-refractivity contribution < 1.29 is 14.3 Å². The summed E-state index contributed by atoms with van der Waals surface area (Å²) in [5, 5.41) is 3.36. The number of nitrogens with one attached hydrogen (secondary N) is 1. The topological polar surface area (TPSA) is 55.4 Å². The minimum Gasteiger partial charge on any atom is -0.456 e. The molecule has 4 aliphatic rings. The van der Waals surface area contributed by atoms with Crippen molar-refractivity contribution in [2.75, 3.05) is 11.9 Å². The molecule has 4 bridgehead atoms. The molecule has 0 radical (unpaired) electrons. The maximum atomic E-state index is 12.4. The molecule has 4 nitrogen and oxygen atoms in total. The molecule has 0 aromatic heterocycles. The molecule has 4 aliphatic carbocycles. The summed E-state index contributed by atoms with van der Waals surface area (Å²) in [5.74, 6) is 1.87. The molecule has 140 valence electrons. The van der Waals surface area contributed by atoms with Crippen LogP contribution in [0.25, 0.3) is 0 Å². The van der Waals surface area contributed by atoms with Gasteiger partial charge in [-0.3, -0.25) is 9.59 Å². The van der Waals surface area contributed by atoms with Gasteiger partial charge in [0.2, 0.25) is 0 Å². The quantitative estimate of drug-likeness (QED) is 0.756. The molecule has 1 N–H and O–H groups in total. The first-order valence-corrected chi connectivity index (χ1v) is 10.0. The number of rotatable bonds is 5. The average Bonchev–Trinajstić information content (AvgIpc) is 2.55. The molecular weight excluding hydrogens is 350 g/mol. The van der Waals surface area contributed by atoms with E-state index in [4.69, 9.17) is 16.3 Å². The third-order valence-electron chi connectivity index (χ3n) is 6.59. The lowest BCUT2D eigenvalue weighted by atomic mass is 9.49. The molecule has 4 saturated carbocycles. The molecular formula is C21H26ClNO3. The van der Waals surface area contributed by atoms with Gasteiger partial charge < -0.3 is 10.1 Å². The Morgan fingerprint density at radius 1 is 1.15 bits per heavy atom. The fraction of sp³-hybridized carbons (Fsp3) is 0.619. The van der Waals surface area contributed by atoms with E-state index < -0.39 is 0 Å². The van der Waals surface area contributed by atoms with E-state index in [9.17, 15) is 9.59 Å². The molecule has 1 amide bonds. The predicted molar refractivity (Wildman–Crippen MR) is 101 cm³/mol. The lowest BCUT2D eigenvalue weighted by Gasteiger charge is -2.56. The van der Waals surface area contributed by atoms with Crippen LogP contribution in [0.1, 0.15) is 50.5 Å². The fourth-order valence-electron chi connectivity index (χ4n) is 5.94. The van der Waals surface area contributed by atoms with Crippen molar-refractivity contribution >= 4 is 29.2 Å². The Kier molecular flexibility index (Phi) is 4.72. The summed E-state index contributed by atoms with van der Waals surface area (Å²) in [6.45, 7) is 1.61. The zero-order valence-electron chi connectivity index (χ0n) is 15.2. The molecule has 1 aromatic rings. The molecule has 0 aliphatic heterocycles. The smallest absolute Gasteiger partial charge is 0.306 e. The van der Waals surface area contributed by atoms with Crippen LogP contribution in [-0.2, 0) is 14.3 Å². The minimum atomic E-state index is -0.325. The highest BCUT2D eigenvalue weighted by Gasteiger charge is 2.51. The molecule has 0 atom stereocenters. The summed E-state index contributed by atoms with van der Waals surface area (Å²) in [4.78, 5) is 24.5. The van der Waals surface area contributed by atoms with Gasteiger partial charge in [-0.25, -0.2) is 0 Å².